The third-order valence-electron chi connectivity index (χ3n) is 3.17. The highest BCUT2D eigenvalue weighted by Crippen LogP contribution is 2.14. The fourth-order valence-corrected chi connectivity index (χ4v) is 2.07. The zero-order chi connectivity index (χ0) is 12.1. The van der Waals surface area contributed by atoms with E-state index in [9.17, 15) is 9.59 Å². The van der Waals surface area contributed by atoms with Gasteiger partial charge in [-0.3, -0.25) is 9.59 Å². The zero-order valence-corrected chi connectivity index (χ0v) is 10.5. The fourth-order valence-electron chi connectivity index (χ4n) is 2.07. The van der Waals surface area contributed by atoms with Crippen LogP contribution in [0, 0.1) is 5.92 Å². The number of rotatable bonds is 3. The number of nitrogens with zero attached hydrogens (tertiary/aromatic N) is 1. The van der Waals surface area contributed by atoms with E-state index in [0.29, 0.717) is 6.54 Å². The molecule has 1 aliphatic rings. The van der Waals surface area contributed by atoms with Gasteiger partial charge in [0.15, 0.2) is 0 Å². The molecule has 0 spiro atoms. The average molecular weight is 228 g/mol. The minimum atomic E-state index is -0.0113. The molecule has 94 valence electrons. The van der Waals surface area contributed by atoms with E-state index < -0.39 is 0 Å². The van der Waals surface area contributed by atoms with Gasteiger partial charge in [0.25, 0.3) is 0 Å². The lowest BCUT2D eigenvalue weighted by Crippen LogP contribution is -2.50. The minimum absolute atomic E-state index is 0. The normalized spacial score (nSPS) is 22.7. The molecule has 1 saturated heterocycles. The molecule has 1 rings (SSSR count). The summed E-state index contributed by atoms with van der Waals surface area (Å²) >= 11 is 0. The van der Waals surface area contributed by atoms with Crippen molar-refractivity contribution in [2.75, 3.05) is 13.1 Å². The van der Waals surface area contributed by atoms with Crippen LogP contribution in [-0.2, 0) is 9.59 Å². The van der Waals surface area contributed by atoms with Gasteiger partial charge in [0, 0.05) is 33.4 Å². The number of amides is 2. The van der Waals surface area contributed by atoms with Crippen molar-refractivity contribution >= 4 is 11.8 Å². The van der Waals surface area contributed by atoms with Crippen LogP contribution >= 0.6 is 0 Å². The molecule has 4 heteroatoms. The van der Waals surface area contributed by atoms with Crippen molar-refractivity contribution in [3.8, 4) is 0 Å². The average Bonchev–Trinajstić information content (AvgIpc) is 2.26. The summed E-state index contributed by atoms with van der Waals surface area (Å²) in [6, 6.07) is 0.138. The number of carbonyl (C=O) groups is 2. The van der Waals surface area contributed by atoms with Gasteiger partial charge in [0.2, 0.25) is 11.8 Å². The number of hydrogen-bond acceptors (Lipinski definition) is 2. The van der Waals surface area contributed by atoms with Gasteiger partial charge >= 0.3 is 0 Å². The molecule has 2 atom stereocenters. The van der Waals surface area contributed by atoms with Crippen LogP contribution in [0.5, 0.6) is 0 Å². The van der Waals surface area contributed by atoms with Crippen molar-refractivity contribution in [2.24, 2.45) is 5.92 Å². The van der Waals surface area contributed by atoms with Crippen LogP contribution in [0.15, 0.2) is 0 Å². The van der Waals surface area contributed by atoms with Crippen LogP contribution in [0.4, 0.5) is 0 Å². The quantitative estimate of drug-likeness (QED) is 0.794. The van der Waals surface area contributed by atoms with E-state index >= 15 is 0 Å². The van der Waals surface area contributed by atoms with Gasteiger partial charge in [-0.15, -0.1) is 0 Å². The van der Waals surface area contributed by atoms with Gasteiger partial charge in [-0.1, -0.05) is 13.8 Å². The Bertz CT molecular complexity index is 271. The Hall–Kier alpha value is -1.06. The van der Waals surface area contributed by atoms with Crippen molar-refractivity contribution in [2.45, 2.75) is 46.1 Å². The second-order valence-electron chi connectivity index (χ2n) is 4.63. The maximum Gasteiger partial charge on any atom is 0.225 e. The monoisotopic (exact) mass is 228 g/mol. The third-order valence-corrected chi connectivity index (χ3v) is 3.17. The van der Waals surface area contributed by atoms with E-state index in [-0.39, 0.29) is 25.2 Å². The lowest BCUT2D eigenvalue weighted by atomic mass is 10.0. The molecule has 16 heavy (non-hydrogen) atoms. The topological polar surface area (TPSA) is 49.4 Å². The van der Waals surface area contributed by atoms with Crippen LogP contribution in [0.1, 0.15) is 41.5 Å². The Kier molecular flexibility index (Phi) is 4.77. The SMILES string of the molecule is CCC(C)C(=O)N1CCCC(NC(C)=O)C1.[HH]. The highest BCUT2D eigenvalue weighted by Gasteiger charge is 2.26. The summed E-state index contributed by atoms with van der Waals surface area (Å²) in [7, 11) is 0. The summed E-state index contributed by atoms with van der Waals surface area (Å²) in [5.41, 5.74) is 0. The Morgan fingerprint density at radius 3 is 2.81 bits per heavy atom. The maximum absolute atomic E-state index is 12.0. The van der Waals surface area contributed by atoms with Crippen molar-refractivity contribution in [1.29, 1.82) is 0 Å². The molecule has 4 nitrogen and oxygen atoms in total. The van der Waals surface area contributed by atoms with Gasteiger partial charge in [-0.05, 0) is 19.3 Å². The standard InChI is InChI=1S/C12H22N2O2.H2/c1-4-9(2)12(16)14-7-5-6-11(8-14)13-10(3)15;/h9,11H,4-8H2,1-3H3,(H,13,15);1H. The van der Waals surface area contributed by atoms with Gasteiger partial charge in [0.05, 0.1) is 0 Å². The van der Waals surface area contributed by atoms with E-state index in [4.69, 9.17) is 0 Å². The van der Waals surface area contributed by atoms with Gasteiger partial charge in [-0.2, -0.15) is 0 Å². The first-order valence-electron chi connectivity index (χ1n) is 6.10. The van der Waals surface area contributed by atoms with Crippen LogP contribution in [0.2, 0.25) is 0 Å². The van der Waals surface area contributed by atoms with Crippen molar-refractivity contribution < 1.29 is 11.0 Å². The molecular formula is C12H24N2O2. The van der Waals surface area contributed by atoms with E-state index in [2.05, 4.69) is 5.32 Å². The number of carbonyl (C=O) groups excluding carboxylic acids is 2. The van der Waals surface area contributed by atoms with Crippen LogP contribution in [-0.4, -0.2) is 35.8 Å². The second-order valence-corrected chi connectivity index (χ2v) is 4.63. The molecule has 0 aromatic heterocycles. The smallest absolute Gasteiger partial charge is 0.225 e. The van der Waals surface area contributed by atoms with E-state index in [0.717, 1.165) is 25.8 Å². The number of likely N-dealkylation sites (tertiary alicyclic amines) is 1. The predicted molar refractivity (Wildman–Crippen MR) is 65.0 cm³/mol. The molecule has 0 radical (unpaired) electrons. The van der Waals surface area contributed by atoms with Gasteiger partial charge in [0.1, 0.15) is 0 Å². The maximum atomic E-state index is 12.0. The first kappa shape index (κ1) is 13.0. The molecular weight excluding hydrogens is 204 g/mol. The summed E-state index contributed by atoms with van der Waals surface area (Å²) in [6.07, 6.45) is 2.83. The molecule has 0 aromatic rings. The van der Waals surface area contributed by atoms with Crippen molar-refractivity contribution in [3.05, 3.63) is 0 Å². The van der Waals surface area contributed by atoms with Gasteiger partial charge in [-0.25, -0.2) is 0 Å². The molecule has 1 N–H and O–H groups in total. The van der Waals surface area contributed by atoms with Crippen molar-refractivity contribution in [3.63, 3.8) is 0 Å². The summed E-state index contributed by atoms with van der Waals surface area (Å²) in [5.74, 6) is 0.302. The molecule has 1 aliphatic heterocycles. The zero-order valence-electron chi connectivity index (χ0n) is 10.5. The predicted octanol–water partition coefficient (Wildman–Crippen LogP) is 1.41. The number of hydrogen-bond donors (Lipinski definition) is 1. The molecule has 1 fully saturated rings. The molecule has 2 unspecified atom stereocenters. The Balaban J connectivity index is 0.00000256. The molecule has 1 heterocycles. The van der Waals surface area contributed by atoms with E-state index in [1.165, 1.54) is 6.92 Å². The Morgan fingerprint density at radius 1 is 1.56 bits per heavy atom. The highest BCUT2D eigenvalue weighted by atomic mass is 16.2. The lowest BCUT2D eigenvalue weighted by molar-refractivity contribution is -0.137. The first-order chi connectivity index (χ1) is 7.54. The molecule has 0 aliphatic carbocycles. The number of piperidine rings is 1. The Morgan fingerprint density at radius 2 is 2.25 bits per heavy atom. The molecule has 0 saturated carbocycles. The van der Waals surface area contributed by atoms with Crippen molar-refractivity contribution in [1.82, 2.24) is 10.2 Å². The van der Waals surface area contributed by atoms with E-state index in [1.54, 1.807) is 0 Å². The molecule has 0 aromatic carbocycles. The number of nitrogens with one attached hydrogen (secondary N) is 1. The second kappa shape index (κ2) is 5.87. The summed E-state index contributed by atoms with van der Waals surface area (Å²) in [4.78, 5) is 24.8. The molecule has 2 amide bonds. The fraction of sp³-hybridized carbons (Fsp3) is 0.833. The lowest BCUT2D eigenvalue weighted by Gasteiger charge is -2.34. The van der Waals surface area contributed by atoms with Crippen LogP contribution in [0.3, 0.4) is 0 Å². The van der Waals surface area contributed by atoms with E-state index in [1.807, 2.05) is 18.7 Å². The minimum Gasteiger partial charge on any atom is -0.352 e. The summed E-state index contributed by atoms with van der Waals surface area (Å²) in [6.45, 7) is 7.01. The highest BCUT2D eigenvalue weighted by molar-refractivity contribution is 5.79. The summed E-state index contributed by atoms with van der Waals surface area (Å²) < 4.78 is 0. The van der Waals surface area contributed by atoms with Crippen LogP contribution < -0.4 is 5.32 Å². The molecule has 0 bridgehead atoms. The van der Waals surface area contributed by atoms with Crippen LogP contribution in [0.25, 0.3) is 0 Å². The Labute approximate surface area is 98.9 Å². The summed E-state index contributed by atoms with van der Waals surface area (Å²) in [5, 5.41) is 2.89. The largest absolute Gasteiger partial charge is 0.352 e. The van der Waals surface area contributed by atoms with Gasteiger partial charge < -0.3 is 10.2 Å². The third kappa shape index (κ3) is 3.51. The first-order valence-corrected chi connectivity index (χ1v) is 6.10.